The molecule has 0 aliphatic rings. The van der Waals surface area contributed by atoms with Crippen molar-refractivity contribution in [3.63, 3.8) is 0 Å². The van der Waals surface area contributed by atoms with Crippen molar-refractivity contribution in [1.82, 2.24) is 19.5 Å². The monoisotopic (exact) mass is 284 g/mol. The molecule has 0 aliphatic heterocycles. The lowest BCUT2D eigenvalue weighted by atomic mass is 10.2. The average molecular weight is 285 g/mol. The Morgan fingerprint density at radius 2 is 1.95 bits per heavy atom. The Morgan fingerprint density at radius 1 is 1.15 bits per heavy atom. The first-order valence-electron chi connectivity index (χ1n) is 6.29. The standard InChI is InChI=1S/C15H13ClN4/c1-11-9-13(16)19-14(18-11)10-20-8-7-17-15(20)12-5-3-2-4-6-12/h2-9H,10H2,1H3. The van der Waals surface area contributed by atoms with Gasteiger partial charge in [0.15, 0.2) is 0 Å². The molecule has 0 spiro atoms. The normalized spacial score (nSPS) is 10.7. The molecule has 0 bridgehead atoms. The van der Waals surface area contributed by atoms with E-state index in [1.807, 2.05) is 48.0 Å². The molecule has 0 saturated carbocycles. The molecule has 4 nitrogen and oxygen atoms in total. The van der Waals surface area contributed by atoms with Gasteiger partial charge in [-0.15, -0.1) is 0 Å². The Morgan fingerprint density at radius 3 is 2.70 bits per heavy atom. The van der Waals surface area contributed by atoms with E-state index in [0.29, 0.717) is 17.5 Å². The van der Waals surface area contributed by atoms with Gasteiger partial charge in [0.25, 0.3) is 0 Å². The van der Waals surface area contributed by atoms with Crippen molar-refractivity contribution in [2.45, 2.75) is 13.5 Å². The molecule has 0 amide bonds. The highest BCUT2D eigenvalue weighted by molar-refractivity contribution is 6.29. The van der Waals surface area contributed by atoms with Gasteiger partial charge in [0.05, 0.1) is 6.54 Å². The van der Waals surface area contributed by atoms with Gasteiger partial charge in [-0.1, -0.05) is 41.9 Å². The number of rotatable bonds is 3. The van der Waals surface area contributed by atoms with Gasteiger partial charge in [0, 0.05) is 23.7 Å². The minimum Gasteiger partial charge on any atom is -0.323 e. The van der Waals surface area contributed by atoms with Gasteiger partial charge < -0.3 is 4.57 Å². The lowest BCUT2D eigenvalue weighted by molar-refractivity contribution is 0.745. The van der Waals surface area contributed by atoms with E-state index >= 15 is 0 Å². The van der Waals surface area contributed by atoms with Crippen LogP contribution >= 0.6 is 11.6 Å². The summed E-state index contributed by atoms with van der Waals surface area (Å²) in [5, 5.41) is 0.467. The second-order valence-electron chi connectivity index (χ2n) is 4.49. The predicted molar refractivity (Wildman–Crippen MR) is 78.5 cm³/mol. The van der Waals surface area contributed by atoms with Crippen LogP contribution < -0.4 is 0 Å². The highest BCUT2D eigenvalue weighted by Crippen LogP contribution is 2.17. The second-order valence-corrected chi connectivity index (χ2v) is 4.88. The van der Waals surface area contributed by atoms with Crippen molar-refractivity contribution < 1.29 is 0 Å². The summed E-state index contributed by atoms with van der Waals surface area (Å²) in [5.74, 6) is 1.58. The van der Waals surface area contributed by atoms with Gasteiger partial charge in [-0.25, -0.2) is 15.0 Å². The van der Waals surface area contributed by atoms with Crippen LogP contribution in [0.2, 0.25) is 5.15 Å². The summed E-state index contributed by atoms with van der Waals surface area (Å²) < 4.78 is 2.01. The number of aryl methyl sites for hydroxylation is 1. The van der Waals surface area contributed by atoms with Crippen molar-refractivity contribution in [3.8, 4) is 11.4 Å². The predicted octanol–water partition coefficient (Wildman–Crippen LogP) is 3.35. The first kappa shape index (κ1) is 12.8. The summed E-state index contributed by atoms with van der Waals surface area (Å²) >= 11 is 5.97. The number of nitrogens with zero attached hydrogens (tertiary/aromatic N) is 4. The van der Waals surface area contributed by atoms with Crippen molar-refractivity contribution in [2.24, 2.45) is 0 Å². The van der Waals surface area contributed by atoms with Gasteiger partial charge in [-0.3, -0.25) is 0 Å². The van der Waals surface area contributed by atoms with E-state index in [1.54, 1.807) is 12.3 Å². The molecular weight excluding hydrogens is 272 g/mol. The fourth-order valence-corrected chi connectivity index (χ4v) is 2.35. The maximum absolute atomic E-state index is 5.97. The molecule has 0 unspecified atom stereocenters. The minimum atomic E-state index is 0.467. The second kappa shape index (κ2) is 5.43. The maximum atomic E-state index is 5.97. The van der Waals surface area contributed by atoms with Gasteiger partial charge in [-0.05, 0) is 13.0 Å². The lowest BCUT2D eigenvalue weighted by Crippen LogP contribution is -2.06. The zero-order valence-electron chi connectivity index (χ0n) is 11.0. The molecule has 20 heavy (non-hydrogen) atoms. The van der Waals surface area contributed by atoms with Crippen LogP contribution in [0.4, 0.5) is 0 Å². The molecule has 0 atom stereocenters. The molecule has 3 aromatic rings. The van der Waals surface area contributed by atoms with E-state index in [9.17, 15) is 0 Å². The molecule has 5 heteroatoms. The van der Waals surface area contributed by atoms with E-state index in [0.717, 1.165) is 17.1 Å². The SMILES string of the molecule is Cc1cc(Cl)nc(Cn2ccnc2-c2ccccc2)n1. The van der Waals surface area contributed by atoms with Crippen LogP contribution in [0.25, 0.3) is 11.4 Å². The molecule has 0 saturated heterocycles. The number of hydrogen-bond acceptors (Lipinski definition) is 3. The van der Waals surface area contributed by atoms with Crippen LogP contribution in [0.1, 0.15) is 11.5 Å². The lowest BCUT2D eigenvalue weighted by Gasteiger charge is -2.07. The summed E-state index contributed by atoms with van der Waals surface area (Å²) in [7, 11) is 0. The highest BCUT2D eigenvalue weighted by Gasteiger charge is 2.08. The number of imidazole rings is 1. The number of hydrogen-bond donors (Lipinski definition) is 0. The third-order valence-corrected chi connectivity index (χ3v) is 3.12. The van der Waals surface area contributed by atoms with Crippen LogP contribution in [0.5, 0.6) is 0 Å². The highest BCUT2D eigenvalue weighted by atomic mass is 35.5. The largest absolute Gasteiger partial charge is 0.323 e. The first-order valence-corrected chi connectivity index (χ1v) is 6.67. The Labute approximate surface area is 122 Å². The molecule has 0 N–H and O–H groups in total. The van der Waals surface area contributed by atoms with E-state index in [2.05, 4.69) is 15.0 Å². The molecule has 1 aromatic carbocycles. The van der Waals surface area contributed by atoms with Gasteiger partial charge in [0.2, 0.25) is 0 Å². The fourth-order valence-electron chi connectivity index (χ4n) is 2.10. The van der Waals surface area contributed by atoms with Crippen LogP contribution in [0, 0.1) is 6.92 Å². The Bertz CT molecular complexity index is 701. The zero-order valence-corrected chi connectivity index (χ0v) is 11.7. The Balaban J connectivity index is 1.94. The Hall–Kier alpha value is -2.20. The molecule has 0 radical (unpaired) electrons. The topological polar surface area (TPSA) is 43.6 Å². The smallest absolute Gasteiger partial charge is 0.150 e. The quantitative estimate of drug-likeness (QED) is 0.693. The van der Waals surface area contributed by atoms with E-state index in [4.69, 9.17) is 11.6 Å². The molecule has 0 aliphatic carbocycles. The maximum Gasteiger partial charge on any atom is 0.150 e. The number of halogens is 1. The number of benzene rings is 1. The summed E-state index contributed by atoms with van der Waals surface area (Å²) in [4.78, 5) is 13.1. The minimum absolute atomic E-state index is 0.467. The third kappa shape index (κ3) is 2.70. The molecule has 3 rings (SSSR count). The summed E-state index contributed by atoms with van der Waals surface area (Å²) in [6.45, 7) is 2.45. The van der Waals surface area contributed by atoms with E-state index < -0.39 is 0 Å². The van der Waals surface area contributed by atoms with Crippen molar-refractivity contribution in [2.75, 3.05) is 0 Å². The van der Waals surface area contributed by atoms with E-state index in [1.165, 1.54) is 0 Å². The fraction of sp³-hybridized carbons (Fsp3) is 0.133. The summed E-state index contributed by atoms with van der Waals surface area (Å²) in [6.07, 6.45) is 3.70. The summed E-state index contributed by atoms with van der Waals surface area (Å²) in [5.41, 5.74) is 1.93. The van der Waals surface area contributed by atoms with Gasteiger partial charge in [-0.2, -0.15) is 0 Å². The van der Waals surface area contributed by atoms with Gasteiger partial charge >= 0.3 is 0 Å². The molecule has 2 aromatic heterocycles. The van der Waals surface area contributed by atoms with Crippen molar-refractivity contribution in [3.05, 3.63) is 65.5 Å². The Kier molecular flexibility index (Phi) is 3.48. The van der Waals surface area contributed by atoms with Crippen molar-refractivity contribution >= 4 is 11.6 Å². The molecule has 100 valence electrons. The first-order chi connectivity index (χ1) is 9.72. The van der Waals surface area contributed by atoms with E-state index in [-0.39, 0.29) is 0 Å². The van der Waals surface area contributed by atoms with Crippen LogP contribution in [0.3, 0.4) is 0 Å². The van der Waals surface area contributed by atoms with Crippen molar-refractivity contribution in [1.29, 1.82) is 0 Å². The molecule has 0 fully saturated rings. The third-order valence-electron chi connectivity index (χ3n) is 2.93. The molecular formula is C15H13ClN4. The average Bonchev–Trinajstić information content (AvgIpc) is 2.86. The van der Waals surface area contributed by atoms with Gasteiger partial charge in [0.1, 0.15) is 16.8 Å². The van der Waals surface area contributed by atoms with Crippen LogP contribution in [-0.2, 0) is 6.54 Å². The summed E-state index contributed by atoms with van der Waals surface area (Å²) in [6, 6.07) is 11.8. The van der Waals surface area contributed by atoms with Crippen LogP contribution in [0.15, 0.2) is 48.8 Å². The van der Waals surface area contributed by atoms with Crippen LogP contribution in [-0.4, -0.2) is 19.5 Å². The number of aromatic nitrogens is 4. The molecule has 2 heterocycles. The zero-order chi connectivity index (χ0) is 13.9.